The quantitative estimate of drug-likeness (QED) is 0.772. The van der Waals surface area contributed by atoms with Crippen LogP contribution in [0.3, 0.4) is 0 Å². The third kappa shape index (κ3) is 4.93. The van der Waals surface area contributed by atoms with Gasteiger partial charge in [-0.05, 0) is 37.5 Å². The molecule has 0 aliphatic heterocycles. The van der Waals surface area contributed by atoms with Crippen LogP contribution in [0.2, 0.25) is 0 Å². The summed E-state index contributed by atoms with van der Waals surface area (Å²) in [5, 5.41) is 12.0. The zero-order valence-corrected chi connectivity index (χ0v) is 13.2. The largest absolute Gasteiger partial charge is 0.493 e. The van der Waals surface area contributed by atoms with E-state index in [0.717, 1.165) is 0 Å². The van der Waals surface area contributed by atoms with Crippen molar-refractivity contribution in [3.05, 3.63) is 23.8 Å². The summed E-state index contributed by atoms with van der Waals surface area (Å²) in [6.45, 7) is 6.50. The summed E-state index contributed by atoms with van der Waals surface area (Å²) >= 11 is 0. The summed E-state index contributed by atoms with van der Waals surface area (Å²) < 4.78 is 10.7. The molecule has 1 amide bonds. The third-order valence-electron chi connectivity index (χ3n) is 3.29. The van der Waals surface area contributed by atoms with Gasteiger partial charge in [0, 0.05) is 18.2 Å². The highest BCUT2D eigenvalue weighted by Gasteiger charge is 2.18. The van der Waals surface area contributed by atoms with Crippen LogP contribution in [0, 0.1) is 5.92 Å². The molecule has 1 rings (SSSR count). The van der Waals surface area contributed by atoms with Crippen molar-refractivity contribution >= 4 is 5.91 Å². The Morgan fingerprint density at radius 2 is 2.05 bits per heavy atom. The van der Waals surface area contributed by atoms with Crippen LogP contribution in [-0.2, 0) is 0 Å². The molecule has 118 valence electrons. The fraction of sp³-hybridized carbons (Fsp3) is 0.562. The number of rotatable bonds is 8. The number of hydrogen-bond donors (Lipinski definition) is 2. The molecule has 0 heterocycles. The Morgan fingerprint density at radius 1 is 1.33 bits per heavy atom. The van der Waals surface area contributed by atoms with Gasteiger partial charge in [-0.15, -0.1) is 0 Å². The zero-order chi connectivity index (χ0) is 15.8. The van der Waals surface area contributed by atoms with Crippen molar-refractivity contribution in [1.29, 1.82) is 0 Å². The van der Waals surface area contributed by atoms with Crippen LogP contribution in [0.5, 0.6) is 11.5 Å². The van der Waals surface area contributed by atoms with Gasteiger partial charge < -0.3 is 19.9 Å². The maximum Gasteiger partial charge on any atom is 0.251 e. The number of aliphatic hydroxyl groups is 1. The van der Waals surface area contributed by atoms with E-state index in [2.05, 4.69) is 5.32 Å². The Bertz CT molecular complexity index is 460. The lowest BCUT2D eigenvalue weighted by Gasteiger charge is -2.21. The number of benzene rings is 1. The first-order chi connectivity index (χ1) is 10.0. The summed E-state index contributed by atoms with van der Waals surface area (Å²) in [5.74, 6) is 1.23. The summed E-state index contributed by atoms with van der Waals surface area (Å²) in [7, 11) is 1.54. The standard InChI is InChI=1S/C16H25NO4/c1-5-21-14-7-6-12(10-15(14)20-4)16(19)17-13(8-9-18)11(2)3/h6-7,10-11,13,18H,5,8-9H2,1-4H3,(H,17,19). The summed E-state index contributed by atoms with van der Waals surface area (Å²) in [6, 6.07) is 5.05. The van der Waals surface area contributed by atoms with E-state index in [1.807, 2.05) is 20.8 Å². The number of ether oxygens (including phenoxy) is 2. The minimum absolute atomic E-state index is 0.0513. The molecule has 1 aromatic carbocycles. The highest BCUT2D eigenvalue weighted by molar-refractivity contribution is 5.95. The average Bonchev–Trinajstić information content (AvgIpc) is 2.47. The lowest BCUT2D eigenvalue weighted by atomic mass is 10.0. The van der Waals surface area contributed by atoms with E-state index in [1.54, 1.807) is 25.3 Å². The normalized spacial score (nSPS) is 12.1. The lowest BCUT2D eigenvalue weighted by Crippen LogP contribution is -2.39. The summed E-state index contributed by atoms with van der Waals surface area (Å²) in [6.07, 6.45) is 0.539. The second-order valence-corrected chi connectivity index (χ2v) is 5.13. The molecule has 0 radical (unpaired) electrons. The molecular weight excluding hydrogens is 270 g/mol. The van der Waals surface area contributed by atoms with Gasteiger partial charge in [-0.3, -0.25) is 4.79 Å². The second kappa shape index (κ2) is 8.52. The van der Waals surface area contributed by atoms with E-state index < -0.39 is 0 Å². The zero-order valence-electron chi connectivity index (χ0n) is 13.2. The number of carbonyl (C=O) groups excluding carboxylic acids is 1. The molecule has 0 aliphatic carbocycles. The van der Waals surface area contributed by atoms with Crippen molar-refractivity contribution in [2.75, 3.05) is 20.3 Å². The predicted molar refractivity (Wildman–Crippen MR) is 82.0 cm³/mol. The van der Waals surface area contributed by atoms with E-state index in [-0.39, 0.29) is 24.5 Å². The van der Waals surface area contributed by atoms with E-state index in [1.165, 1.54) is 0 Å². The molecule has 0 bridgehead atoms. The Hall–Kier alpha value is -1.75. The molecule has 5 heteroatoms. The topological polar surface area (TPSA) is 67.8 Å². The van der Waals surface area contributed by atoms with Crippen molar-refractivity contribution in [3.63, 3.8) is 0 Å². The number of aliphatic hydroxyl groups excluding tert-OH is 1. The molecule has 5 nitrogen and oxygen atoms in total. The van der Waals surface area contributed by atoms with Crippen LogP contribution < -0.4 is 14.8 Å². The average molecular weight is 295 g/mol. The number of carbonyl (C=O) groups is 1. The molecule has 0 aliphatic rings. The van der Waals surface area contributed by atoms with Gasteiger partial charge in [-0.25, -0.2) is 0 Å². The highest BCUT2D eigenvalue weighted by Crippen LogP contribution is 2.28. The molecular formula is C16H25NO4. The lowest BCUT2D eigenvalue weighted by molar-refractivity contribution is 0.0916. The molecule has 0 spiro atoms. The van der Waals surface area contributed by atoms with Gasteiger partial charge in [-0.1, -0.05) is 13.8 Å². The maximum absolute atomic E-state index is 12.3. The Balaban J connectivity index is 2.86. The number of methoxy groups -OCH3 is 1. The van der Waals surface area contributed by atoms with Gasteiger partial charge in [0.2, 0.25) is 0 Å². The van der Waals surface area contributed by atoms with Crippen LogP contribution in [0.1, 0.15) is 37.6 Å². The Morgan fingerprint density at radius 3 is 2.57 bits per heavy atom. The molecule has 0 saturated carbocycles. The van der Waals surface area contributed by atoms with Gasteiger partial charge in [0.1, 0.15) is 0 Å². The number of hydrogen-bond acceptors (Lipinski definition) is 4. The monoisotopic (exact) mass is 295 g/mol. The SMILES string of the molecule is CCOc1ccc(C(=O)NC(CCO)C(C)C)cc1OC. The first-order valence-corrected chi connectivity index (χ1v) is 7.26. The van der Waals surface area contributed by atoms with E-state index in [4.69, 9.17) is 14.6 Å². The van der Waals surface area contributed by atoms with E-state index in [9.17, 15) is 4.79 Å². The van der Waals surface area contributed by atoms with Crippen LogP contribution in [0.15, 0.2) is 18.2 Å². The van der Waals surface area contributed by atoms with E-state index in [0.29, 0.717) is 30.1 Å². The van der Waals surface area contributed by atoms with Crippen molar-refractivity contribution < 1.29 is 19.4 Å². The number of nitrogens with one attached hydrogen (secondary N) is 1. The van der Waals surface area contributed by atoms with Gasteiger partial charge in [0.05, 0.1) is 13.7 Å². The van der Waals surface area contributed by atoms with Gasteiger partial charge in [0.25, 0.3) is 5.91 Å². The molecule has 1 atom stereocenters. The molecule has 2 N–H and O–H groups in total. The predicted octanol–water partition coefficient (Wildman–Crippen LogP) is 2.23. The van der Waals surface area contributed by atoms with Crippen molar-refractivity contribution in [2.24, 2.45) is 5.92 Å². The Kier molecular flexibility index (Phi) is 7.02. The fourth-order valence-corrected chi connectivity index (χ4v) is 2.05. The minimum atomic E-state index is -0.177. The molecule has 1 aromatic rings. The van der Waals surface area contributed by atoms with Crippen LogP contribution >= 0.6 is 0 Å². The van der Waals surface area contributed by atoms with Gasteiger partial charge in [-0.2, -0.15) is 0 Å². The summed E-state index contributed by atoms with van der Waals surface area (Å²) in [5.41, 5.74) is 0.513. The van der Waals surface area contributed by atoms with Crippen LogP contribution in [0.25, 0.3) is 0 Å². The molecule has 21 heavy (non-hydrogen) atoms. The number of amides is 1. The van der Waals surface area contributed by atoms with Gasteiger partial charge in [0.15, 0.2) is 11.5 Å². The second-order valence-electron chi connectivity index (χ2n) is 5.13. The van der Waals surface area contributed by atoms with E-state index >= 15 is 0 Å². The third-order valence-corrected chi connectivity index (χ3v) is 3.29. The minimum Gasteiger partial charge on any atom is -0.493 e. The molecule has 1 unspecified atom stereocenters. The smallest absolute Gasteiger partial charge is 0.251 e. The molecule has 0 saturated heterocycles. The Labute approximate surface area is 126 Å². The van der Waals surface area contributed by atoms with Crippen LogP contribution in [-0.4, -0.2) is 37.4 Å². The van der Waals surface area contributed by atoms with Crippen molar-refractivity contribution in [3.8, 4) is 11.5 Å². The first kappa shape index (κ1) is 17.3. The van der Waals surface area contributed by atoms with Crippen molar-refractivity contribution in [1.82, 2.24) is 5.32 Å². The van der Waals surface area contributed by atoms with Crippen LogP contribution in [0.4, 0.5) is 0 Å². The van der Waals surface area contributed by atoms with Crippen molar-refractivity contribution in [2.45, 2.75) is 33.2 Å². The fourth-order valence-electron chi connectivity index (χ4n) is 2.05. The molecule has 0 fully saturated rings. The first-order valence-electron chi connectivity index (χ1n) is 7.26. The maximum atomic E-state index is 12.3. The highest BCUT2D eigenvalue weighted by atomic mass is 16.5. The molecule has 0 aromatic heterocycles. The van der Waals surface area contributed by atoms with Gasteiger partial charge >= 0.3 is 0 Å². The summed E-state index contributed by atoms with van der Waals surface area (Å²) in [4.78, 5) is 12.3.